The van der Waals surface area contributed by atoms with Crippen molar-refractivity contribution in [2.45, 2.75) is 169 Å². The predicted octanol–water partition coefficient (Wildman–Crippen LogP) is 9.97. The summed E-state index contributed by atoms with van der Waals surface area (Å²) in [5, 5.41) is 0. The lowest BCUT2D eigenvalue weighted by Gasteiger charge is -2.34. The molecule has 0 fully saturated rings. The van der Waals surface area contributed by atoms with E-state index in [0.29, 0.717) is 11.8 Å². The Labute approximate surface area is 207 Å². The summed E-state index contributed by atoms with van der Waals surface area (Å²) >= 11 is 0. The van der Waals surface area contributed by atoms with Gasteiger partial charge in [-0.25, -0.2) is 4.57 Å². The monoisotopic (exact) mass is 490 g/mol. The Morgan fingerprint density at radius 1 is 0.606 bits per heavy atom. The molecule has 2 N–H and O–H groups in total. The van der Waals surface area contributed by atoms with Crippen LogP contribution in [-0.2, 0) is 9.09 Å². The lowest BCUT2D eigenvalue weighted by Crippen LogP contribution is -2.32. The smallest absolute Gasteiger partial charge is 0.303 e. The highest BCUT2D eigenvalue weighted by Gasteiger charge is 2.36. The maximum absolute atomic E-state index is 11.9. The van der Waals surface area contributed by atoms with Crippen LogP contribution in [0.3, 0.4) is 0 Å². The first kappa shape index (κ1) is 33.1. The van der Waals surface area contributed by atoms with Gasteiger partial charge in [0.25, 0.3) is 0 Å². The first-order valence-corrected chi connectivity index (χ1v) is 15.9. The summed E-state index contributed by atoms with van der Waals surface area (Å²) in [4.78, 5) is 19.5. The van der Waals surface area contributed by atoms with Crippen molar-refractivity contribution >= 4 is 7.82 Å². The molecule has 0 bridgehead atoms. The second-order valence-corrected chi connectivity index (χ2v) is 12.5. The number of hydrogen-bond donors (Lipinski definition) is 2. The first-order chi connectivity index (χ1) is 15.6. The van der Waals surface area contributed by atoms with Crippen LogP contribution < -0.4 is 0 Å². The zero-order chi connectivity index (χ0) is 25.0. The fourth-order valence-corrected chi connectivity index (χ4v) is 5.65. The maximum Gasteiger partial charge on any atom is 0.470 e. The van der Waals surface area contributed by atoms with Crippen molar-refractivity contribution in [1.29, 1.82) is 0 Å². The largest absolute Gasteiger partial charge is 0.470 e. The van der Waals surface area contributed by atoms with Gasteiger partial charge in [-0.05, 0) is 31.1 Å². The van der Waals surface area contributed by atoms with Crippen LogP contribution in [0.2, 0.25) is 0 Å². The van der Waals surface area contributed by atoms with Crippen molar-refractivity contribution in [1.82, 2.24) is 0 Å². The van der Waals surface area contributed by atoms with E-state index >= 15 is 0 Å². The average molecular weight is 491 g/mol. The van der Waals surface area contributed by atoms with E-state index in [-0.39, 0.29) is 0 Å². The third-order valence-corrected chi connectivity index (χ3v) is 7.50. The molecule has 0 radical (unpaired) electrons. The molecule has 0 unspecified atom stereocenters. The molecule has 0 saturated carbocycles. The third-order valence-electron chi connectivity index (χ3n) is 6.88. The molecule has 200 valence electrons. The summed E-state index contributed by atoms with van der Waals surface area (Å²) in [7, 11) is -4.51. The Morgan fingerprint density at radius 3 is 1.27 bits per heavy atom. The van der Waals surface area contributed by atoms with Gasteiger partial charge in [-0.1, -0.05) is 144 Å². The van der Waals surface area contributed by atoms with Gasteiger partial charge in [0.05, 0.1) is 5.60 Å². The molecular formula is C28H59O4P. The molecule has 0 aliphatic heterocycles. The molecule has 0 rings (SSSR count). The van der Waals surface area contributed by atoms with Gasteiger partial charge in [0.15, 0.2) is 0 Å². The molecule has 0 heterocycles. The Morgan fingerprint density at radius 2 is 0.939 bits per heavy atom. The van der Waals surface area contributed by atoms with E-state index in [1.54, 1.807) is 0 Å². The number of phosphoric acid groups is 1. The van der Waals surface area contributed by atoms with Crippen molar-refractivity contribution in [3.8, 4) is 0 Å². The highest BCUT2D eigenvalue weighted by atomic mass is 31.2. The number of phosphoric ester groups is 1. The molecule has 0 aromatic carbocycles. The maximum atomic E-state index is 11.9. The van der Waals surface area contributed by atoms with E-state index in [0.717, 1.165) is 57.8 Å². The van der Waals surface area contributed by atoms with Gasteiger partial charge in [-0.3, -0.25) is 4.52 Å². The van der Waals surface area contributed by atoms with Crippen LogP contribution in [-0.4, -0.2) is 15.4 Å². The number of unbranched alkanes of at least 4 members (excludes halogenated alkanes) is 12. The summed E-state index contributed by atoms with van der Waals surface area (Å²) in [5.74, 6) is 1.42. The van der Waals surface area contributed by atoms with Crippen LogP contribution in [0.15, 0.2) is 0 Å². The van der Waals surface area contributed by atoms with Gasteiger partial charge in [-0.2, -0.15) is 0 Å². The van der Waals surface area contributed by atoms with Gasteiger partial charge in [-0.15, -0.1) is 0 Å². The van der Waals surface area contributed by atoms with Gasteiger partial charge >= 0.3 is 7.82 Å². The fraction of sp³-hybridized carbons (Fsp3) is 1.00. The van der Waals surface area contributed by atoms with Crippen molar-refractivity contribution in [2.24, 2.45) is 11.8 Å². The van der Waals surface area contributed by atoms with Gasteiger partial charge in [0.2, 0.25) is 0 Å². The zero-order valence-corrected chi connectivity index (χ0v) is 23.8. The zero-order valence-electron chi connectivity index (χ0n) is 23.0. The number of hydrogen-bond acceptors (Lipinski definition) is 2. The Bertz CT molecular complexity index is 455. The molecule has 33 heavy (non-hydrogen) atoms. The minimum atomic E-state index is -4.51. The summed E-state index contributed by atoms with van der Waals surface area (Å²) in [6.07, 6.45) is 22.7. The van der Waals surface area contributed by atoms with E-state index in [4.69, 9.17) is 4.52 Å². The fourth-order valence-electron chi connectivity index (χ4n) is 4.88. The van der Waals surface area contributed by atoms with Crippen molar-refractivity contribution in [3.63, 3.8) is 0 Å². The van der Waals surface area contributed by atoms with Crippen LogP contribution in [0.1, 0.15) is 163 Å². The Kier molecular flexibility index (Phi) is 20.4. The van der Waals surface area contributed by atoms with Crippen molar-refractivity contribution < 1.29 is 18.9 Å². The molecule has 0 aliphatic rings. The molecular weight excluding hydrogens is 431 g/mol. The molecule has 0 amide bonds. The van der Waals surface area contributed by atoms with Gasteiger partial charge in [0, 0.05) is 0 Å². The summed E-state index contributed by atoms with van der Waals surface area (Å²) in [6, 6.07) is 0. The molecule has 0 atom stereocenters. The Balaban J connectivity index is 4.75. The van der Waals surface area contributed by atoms with Crippen LogP contribution in [0.5, 0.6) is 0 Å². The summed E-state index contributed by atoms with van der Waals surface area (Å²) in [6.45, 7) is 11.3. The van der Waals surface area contributed by atoms with Crippen LogP contribution in [0.25, 0.3) is 0 Å². The van der Waals surface area contributed by atoms with Gasteiger partial charge < -0.3 is 9.79 Å². The molecule has 0 saturated heterocycles. The van der Waals surface area contributed by atoms with Gasteiger partial charge in [0.1, 0.15) is 0 Å². The SMILES string of the molecule is CCCCCCCCCCCC(CCCCCC(C)C)(CCCCCC(C)C)OP(=O)(O)O. The van der Waals surface area contributed by atoms with Crippen LogP contribution in [0.4, 0.5) is 0 Å². The minimum absolute atomic E-state index is 0.657. The molecule has 0 spiro atoms. The van der Waals surface area contributed by atoms with Crippen molar-refractivity contribution in [3.05, 3.63) is 0 Å². The van der Waals surface area contributed by atoms with E-state index in [1.165, 1.54) is 70.6 Å². The van der Waals surface area contributed by atoms with E-state index in [1.807, 2.05) is 0 Å². The van der Waals surface area contributed by atoms with Crippen LogP contribution >= 0.6 is 7.82 Å². The predicted molar refractivity (Wildman–Crippen MR) is 144 cm³/mol. The first-order valence-electron chi connectivity index (χ1n) is 14.4. The van der Waals surface area contributed by atoms with E-state index in [9.17, 15) is 14.4 Å². The number of rotatable bonds is 24. The second kappa shape index (κ2) is 20.3. The Hall–Kier alpha value is 0.110. The molecule has 0 aromatic rings. The van der Waals surface area contributed by atoms with Crippen LogP contribution in [0, 0.1) is 11.8 Å². The third kappa shape index (κ3) is 22.3. The minimum Gasteiger partial charge on any atom is -0.303 e. The normalized spacial score (nSPS) is 12.9. The lowest BCUT2D eigenvalue weighted by atomic mass is 9.84. The molecule has 4 nitrogen and oxygen atoms in total. The quantitative estimate of drug-likeness (QED) is 0.104. The van der Waals surface area contributed by atoms with E-state index < -0.39 is 13.4 Å². The highest BCUT2D eigenvalue weighted by molar-refractivity contribution is 7.46. The standard InChI is InChI=1S/C28H59O4P/c1-6-7-8-9-10-11-12-13-18-23-28(32-33(29,30)31,24-19-14-16-21-26(2)3)25-20-15-17-22-27(4)5/h26-27H,6-25H2,1-5H3,(H2,29,30,31). The summed E-state index contributed by atoms with van der Waals surface area (Å²) in [5.41, 5.74) is -0.657. The molecule has 0 aliphatic carbocycles. The lowest BCUT2D eigenvalue weighted by molar-refractivity contribution is 0.00529. The van der Waals surface area contributed by atoms with Crippen molar-refractivity contribution in [2.75, 3.05) is 0 Å². The highest BCUT2D eigenvalue weighted by Crippen LogP contribution is 2.47. The average Bonchev–Trinajstić information content (AvgIpc) is 2.70. The topological polar surface area (TPSA) is 66.8 Å². The van der Waals surface area contributed by atoms with E-state index in [2.05, 4.69) is 34.6 Å². The molecule has 0 aromatic heterocycles. The second-order valence-electron chi connectivity index (χ2n) is 11.3. The summed E-state index contributed by atoms with van der Waals surface area (Å²) < 4.78 is 17.6. The molecule has 5 heteroatoms.